The molecule has 0 radical (unpaired) electrons. The number of nitrogen functional groups attached to an aromatic ring is 1. The largest absolute Gasteiger partial charge is 0.396 e. The number of hydrogen-bond donors (Lipinski definition) is 1. The van der Waals surface area contributed by atoms with Crippen molar-refractivity contribution in [1.29, 1.82) is 0 Å². The first kappa shape index (κ1) is 11.4. The van der Waals surface area contributed by atoms with E-state index in [0.29, 0.717) is 0 Å². The molecule has 0 bridgehead atoms. The summed E-state index contributed by atoms with van der Waals surface area (Å²) in [5.41, 5.74) is 6.31. The molecular formula is C11H20N4O. The maximum absolute atomic E-state index is 5.67. The third-order valence-corrected chi connectivity index (χ3v) is 2.80. The molecule has 0 aromatic carbocycles. The van der Waals surface area contributed by atoms with Crippen molar-refractivity contribution >= 4 is 5.69 Å². The van der Waals surface area contributed by atoms with Crippen molar-refractivity contribution in [2.75, 3.05) is 32.0 Å². The molecule has 90 valence electrons. The number of nitrogens with two attached hydrogens (primary N) is 1. The summed E-state index contributed by atoms with van der Waals surface area (Å²) in [6, 6.07) is 0. The topological polar surface area (TPSA) is 56.3 Å². The molecule has 0 amide bonds. The van der Waals surface area contributed by atoms with E-state index in [-0.39, 0.29) is 5.60 Å². The normalized spacial score (nSPS) is 21.1. The molecule has 16 heavy (non-hydrogen) atoms. The van der Waals surface area contributed by atoms with Crippen LogP contribution in [0.4, 0.5) is 5.69 Å². The second-order valence-corrected chi connectivity index (χ2v) is 4.92. The fourth-order valence-corrected chi connectivity index (χ4v) is 2.05. The van der Waals surface area contributed by atoms with Gasteiger partial charge in [0.15, 0.2) is 0 Å². The average Bonchev–Trinajstić information content (AvgIpc) is 2.60. The number of hydrogen-bond acceptors (Lipinski definition) is 4. The van der Waals surface area contributed by atoms with Gasteiger partial charge >= 0.3 is 0 Å². The molecule has 2 N–H and O–H groups in total. The van der Waals surface area contributed by atoms with Crippen molar-refractivity contribution in [3.8, 4) is 0 Å². The van der Waals surface area contributed by atoms with E-state index in [2.05, 4.69) is 23.8 Å². The molecule has 1 fully saturated rings. The van der Waals surface area contributed by atoms with Crippen LogP contribution in [0.2, 0.25) is 0 Å². The molecule has 2 rings (SSSR count). The zero-order valence-electron chi connectivity index (χ0n) is 10.0. The fraction of sp³-hybridized carbons (Fsp3) is 0.727. The van der Waals surface area contributed by atoms with Crippen LogP contribution in [0.1, 0.15) is 13.8 Å². The van der Waals surface area contributed by atoms with Gasteiger partial charge in [0.05, 0.1) is 30.6 Å². The third-order valence-electron chi connectivity index (χ3n) is 2.80. The molecule has 0 spiro atoms. The Hall–Kier alpha value is -1.07. The maximum atomic E-state index is 5.67. The minimum Gasteiger partial charge on any atom is -0.396 e. The minimum atomic E-state index is -0.0264. The predicted octanol–water partition coefficient (Wildman–Crippen LogP) is 0.576. The van der Waals surface area contributed by atoms with Crippen molar-refractivity contribution in [3.63, 3.8) is 0 Å². The lowest BCUT2D eigenvalue weighted by Crippen LogP contribution is -2.49. The van der Waals surface area contributed by atoms with E-state index in [1.165, 1.54) is 0 Å². The Kier molecular flexibility index (Phi) is 3.16. The first-order valence-electron chi connectivity index (χ1n) is 5.69. The van der Waals surface area contributed by atoms with Gasteiger partial charge in [-0.25, -0.2) is 0 Å². The van der Waals surface area contributed by atoms with Crippen LogP contribution in [0.15, 0.2) is 12.4 Å². The Morgan fingerprint density at radius 1 is 1.50 bits per heavy atom. The second-order valence-electron chi connectivity index (χ2n) is 4.92. The van der Waals surface area contributed by atoms with E-state index < -0.39 is 0 Å². The molecule has 1 saturated heterocycles. The minimum absolute atomic E-state index is 0.0264. The van der Waals surface area contributed by atoms with Gasteiger partial charge < -0.3 is 10.5 Å². The highest BCUT2D eigenvalue weighted by atomic mass is 16.5. The average molecular weight is 224 g/mol. The van der Waals surface area contributed by atoms with Gasteiger partial charge in [-0.1, -0.05) is 0 Å². The zero-order valence-corrected chi connectivity index (χ0v) is 10.0. The van der Waals surface area contributed by atoms with E-state index in [1.807, 2.05) is 10.9 Å². The number of rotatable bonds is 3. The first-order valence-corrected chi connectivity index (χ1v) is 5.69. The molecule has 0 aliphatic carbocycles. The Bertz CT molecular complexity index is 348. The molecule has 5 heteroatoms. The summed E-state index contributed by atoms with van der Waals surface area (Å²) in [4.78, 5) is 2.40. The van der Waals surface area contributed by atoms with Crippen LogP contribution in [0, 0.1) is 0 Å². The zero-order chi connectivity index (χ0) is 11.6. The van der Waals surface area contributed by atoms with Gasteiger partial charge in [-0.15, -0.1) is 0 Å². The summed E-state index contributed by atoms with van der Waals surface area (Å²) in [6.45, 7) is 8.93. The second kappa shape index (κ2) is 4.43. The van der Waals surface area contributed by atoms with Crippen LogP contribution in [-0.4, -0.2) is 46.5 Å². The molecular weight excluding hydrogens is 204 g/mol. The van der Waals surface area contributed by atoms with E-state index in [4.69, 9.17) is 10.5 Å². The van der Waals surface area contributed by atoms with Crippen molar-refractivity contribution < 1.29 is 4.74 Å². The van der Waals surface area contributed by atoms with Gasteiger partial charge in [0.1, 0.15) is 0 Å². The van der Waals surface area contributed by atoms with Crippen LogP contribution in [0.3, 0.4) is 0 Å². The van der Waals surface area contributed by atoms with Crippen molar-refractivity contribution in [2.45, 2.75) is 26.0 Å². The molecule has 1 aromatic heterocycles. The summed E-state index contributed by atoms with van der Waals surface area (Å²) in [5, 5.41) is 4.17. The summed E-state index contributed by atoms with van der Waals surface area (Å²) in [7, 11) is 0. The Morgan fingerprint density at radius 2 is 2.31 bits per heavy atom. The number of aromatic nitrogens is 2. The van der Waals surface area contributed by atoms with Crippen molar-refractivity contribution in [3.05, 3.63) is 12.4 Å². The van der Waals surface area contributed by atoms with Crippen LogP contribution < -0.4 is 5.73 Å². The van der Waals surface area contributed by atoms with Crippen LogP contribution >= 0.6 is 0 Å². The molecule has 1 aliphatic rings. The highest BCUT2D eigenvalue weighted by Crippen LogP contribution is 2.16. The highest BCUT2D eigenvalue weighted by Gasteiger charge is 2.26. The van der Waals surface area contributed by atoms with Gasteiger partial charge in [-0.2, -0.15) is 5.10 Å². The molecule has 5 nitrogen and oxygen atoms in total. The smallest absolute Gasteiger partial charge is 0.0753 e. The molecule has 0 unspecified atom stereocenters. The van der Waals surface area contributed by atoms with E-state index in [0.717, 1.165) is 38.5 Å². The van der Waals surface area contributed by atoms with Crippen molar-refractivity contribution in [2.24, 2.45) is 0 Å². The Morgan fingerprint density at radius 3 is 2.94 bits per heavy atom. The number of nitrogens with zero attached hydrogens (tertiary/aromatic N) is 3. The molecule has 0 saturated carbocycles. The Labute approximate surface area is 96.2 Å². The summed E-state index contributed by atoms with van der Waals surface area (Å²) < 4.78 is 7.55. The third kappa shape index (κ3) is 2.96. The lowest BCUT2D eigenvalue weighted by atomic mass is 10.1. The SMILES string of the molecule is CC1(C)CN(CCn2cc(N)cn2)CCO1. The first-order chi connectivity index (χ1) is 7.55. The quantitative estimate of drug-likeness (QED) is 0.816. The monoisotopic (exact) mass is 224 g/mol. The number of ether oxygens (including phenoxy) is 1. The van der Waals surface area contributed by atoms with Crippen LogP contribution in [0.25, 0.3) is 0 Å². The predicted molar refractivity (Wildman–Crippen MR) is 63.1 cm³/mol. The number of anilines is 1. The van der Waals surface area contributed by atoms with Crippen molar-refractivity contribution in [1.82, 2.24) is 14.7 Å². The summed E-state index contributed by atoms with van der Waals surface area (Å²) in [5.74, 6) is 0. The van der Waals surface area contributed by atoms with Gasteiger partial charge in [0.25, 0.3) is 0 Å². The van der Waals surface area contributed by atoms with Gasteiger partial charge in [0, 0.05) is 25.8 Å². The maximum Gasteiger partial charge on any atom is 0.0753 e. The Balaban J connectivity index is 1.82. The lowest BCUT2D eigenvalue weighted by Gasteiger charge is -2.38. The van der Waals surface area contributed by atoms with Crippen LogP contribution in [0.5, 0.6) is 0 Å². The molecule has 1 aliphatic heterocycles. The molecule has 2 heterocycles. The summed E-state index contributed by atoms with van der Waals surface area (Å²) in [6.07, 6.45) is 3.55. The fourth-order valence-electron chi connectivity index (χ4n) is 2.05. The van der Waals surface area contributed by atoms with E-state index in [9.17, 15) is 0 Å². The van der Waals surface area contributed by atoms with E-state index >= 15 is 0 Å². The van der Waals surface area contributed by atoms with E-state index in [1.54, 1.807) is 6.20 Å². The lowest BCUT2D eigenvalue weighted by molar-refractivity contribution is -0.0866. The molecule has 1 aromatic rings. The molecule has 0 atom stereocenters. The van der Waals surface area contributed by atoms with Gasteiger partial charge in [-0.05, 0) is 13.8 Å². The highest BCUT2D eigenvalue weighted by molar-refractivity contribution is 5.30. The number of morpholine rings is 1. The summed E-state index contributed by atoms with van der Waals surface area (Å²) >= 11 is 0. The van der Waals surface area contributed by atoms with Crippen LogP contribution in [-0.2, 0) is 11.3 Å². The standard InChI is InChI=1S/C11H20N4O/c1-11(2)9-14(5-6-16-11)3-4-15-8-10(12)7-13-15/h7-8H,3-6,9,12H2,1-2H3. The van der Waals surface area contributed by atoms with Gasteiger partial charge in [0.2, 0.25) is 0 Å². The van der Waals surface area contributed by atoms with Gasteiger partial charge in [-0.3, -0.25) is 9.58 Å².